The Balaban J connectivity index is 1.73. The summed E-state index contributed by atoms with van der Waals surface area (Å²) in [4.78, 5) is 31.5. The maximum absolute atomic E-state index is 12.2. The van der Waals surface area contributed by atoms with E-state index >= 15 is 0 Å². The average Bonchev–Trinajstić information content (AvgIpc) is 3.00. The molecule has 0 saturated carbocycles. The number of nitrogens with two attached hydrogens (primary N) is 1. The van der Waals surface area contributed by atoms with Crippen molar-refractivity contribution in [2.45, 2.75) is 6.92 Å². The number of fused-ring (bicyclic) bond motifs is 1. The first-order chi connectivity index (χ1) is 12.5. The zero-order chi connectivity index (χ0) is 18.7. The van der Waals surface area contributed by atoms with Gasteiger partial charge in [-0.25, -0.2) is 14.8 Å². The predicted molar refractivity (Wildman–Crippen MR) is 95.3 cm³/mol. The second-order valence-electron chi connectivity index (χ2n) is 5.45. The summed E-state index contributed by atoms with van der Waals surface area (Å²) >= 11 is 0. The lowest BCUT2D eigenvalue weighted by Gasteiger charge is -2.05. The summed E-state index contributed by atoms with van der Waals surface area (Å²) in [5.74, 6) is -0.338. The molecule has 2 aromatic heterocycles. The maximum Gasteiger partial charge on any atom is 0.356 e. The van der Waals surface area contributed by atoms with Crippen LogP contribution >= 0.6 is 0 Å². The van der Waals surface area contributed by atoms with E-state index in [9.17, 15) is 9.59 Å². The van der Waals surface area contributed by atoms with E-state index < -0.39 is 11.9 Å². The molecule has 0 radical (unpaired) electrons. The number of hydrogen-bond acceptors (Lipinski definition) is 6. The minimum Gasteiger partial charge on any atom is -0.464 e. The number of pyridine rings is 1. The normalized spacial score (nSPS) is 11.4. The number of nitrogens with zero attached hydrogens (tertiary/aromatic N) is 2. The summed E-state index contributed by atoms with van der Waals surface area (Å²) in [6, 6.07) is 10.0. The Bertz CT molecular complexity index is 1010. The van der Waals surface area contributed by atoms with Gasteiger partial charge in [0.25, 0.3) is 5.91 Å². The number of benzene rings is 1. The van der Waals surface area contributed by atoms with Crippen LogP contribution < -0.4 is 11.1 Å². The van der Waals surface area contributed by atoms with Crippen molar-refractivity contribution in [3.8, 4) is 0 Å². The van der Waals surface area contributed by atoms with Crippen LogP contribution in [0.25, 0.3) is 11.0 Å². The molecule has 0 fully saturated rings. The maximum atomic E-state index is 12.2. The number of carbonyl (C=O) groups is 2. The fourth-order valence-corrected chi connectivity index (χ4v) is 2.34. The molecule has 2 heterocycles. The minimum absolute atomic E-state index is 0.0633. The van der Waals surface area contributed by atoms with Crippen molar-refractivity contribution in [1.29, 1.82) is 0 Å². The number of furan rings is 1. The van der Waals surface area contributed by atoms with E-state index in [1.54, 1.807) is 18.2 Å². The van der Waals surface area contributed by atoms with Gasteiger partial charge < -0.3 is 14.9 Å². The SMILES string of the molecule is COC(=O)c1ccc(C(=O)NC(N)=Nc2ccc3oc(C)cc3c2)cn1. The van der Waals surface area contributed by atoms with Crippen LogP contribution in [0.15, 0.2) is 52.0 Å². The van der Waals surface area contributed by atoms with Gasteiger partial charge in [0.2, 0.25) is 5.96 Å². The van der Waals surface area contributed by atoms with Crippen molar-refractivity contribution in [2.24, 2.45) is 10.7 Å². The number of nitrogens with one attached hydrogen (secondary N) is 1. The number of hydrogen-bond donors (Lipinski definition) is 2. The Hall–Kier alpha value is -3.68. The van der Waals surface area contributed by atoms with Gasteiger partial charge in [0.1, 0.15) is 17.0 Å². The predicted octanol–water partition coefficient (Wildman–Crippen LogP) is 2.30. The van der Waals surface area contributed by atoms with E-state index in [-0.39, 0.29) is 17.2 Å². The molecular formula is C18H16N4O4. The largest absolute Gasteiger partial charge is 0.464 e. The lowest BCUT2D eigenvalue weighted by Crippen LogP contribution is -2.36. The van der Waals surface area contributed by atoms with Crippen LogP contribution in [0.5, 0.6) is 0 Å². The van der Waals surface area contributed by atoms with Gasteiger partial charge in [-0.05, 0) is 43.3 Å². The third-order valence-electron chi connectivity index (χ3n) is 3.53. The van der Waals surface area contributed by atoms with Gasteiger partial charge in [-0.1, -0.05) is 0 Å². The van der Waals surface area contributed by atoms with Crippen molar-refractivity contribution < 1.29 is 18.7 Å². The number of guanidine groups is 1. The van der Waals surface area contributed by atoms with Crippen molar-refractivity contribution in [3.05, 3.63) is 59.6 Å². The monoisotopic (exact) mass is 352 g/mol. The number of carbonyl (C=O) groups excluding carboxylic acids is 2. The van der Waals surface area contributed by atoms with Gasteiger partial charge in [-0.2, -0.15) is 0 Å². The van der Waals surface area contributed by atoms with E-state index in [4.69, 9.17) is 10.2 Å². The molecule has 8 heteroatoms. The third kappa shape index (κ3) is 3.69. The third-order valence-corrected chi connectivity index (χ3v) is 3.53. The van der Waals surface area contributed by atoms with Gasteiger partial charge in [0.05, 0.1) is 18.4 Å². The Morgan fingerprint density at radius 2 is 2.04 bits per heavy atom. The fraction of sp³-hybridized carbons (Fsp3) is 0.111. The molecule has 3 aromatic rings. The molecule has 0 bridgehead atoms. The number of methoxy groups -OCH3 is 1. The molecule has 0 aliphatic heterocycles. The van der Waals surface area contributed by atoms with Crippen molar-refractivity contribution in [2.75, 3.05) is 7.11 Å². The number of rotatable bonds is 3. The summed E-state index contributed by atoms with van der Waals surface area (Å²) in [7, 11) is 1.25. The molecule has 26 heavy (non-hydrogen) atoms. The van der Waals surface area contributed by atoms with Crippen LogP contribution in [-0.4, -0.2) is 29.9 Å². The number of amides is 1. The van der Waals surface area contributed by atoms with Crippen LogP contribution in [0.3, 0.4) is 0 Å². The molecule has 1 aromatic carbocycles. The fourth-order valence-electron chi connectivity index (χ4n) is 2.34. The van der Waals surface area contributed by atoms with E-state index in [1.165, 1.54) is 25.4 Å². The molecular weight excluding hydrogens is 336 g/mol. The first kappa shape index (κ1) is 17.2. The molecule has 3 rings (SSSR count). The zero-order valence-electron chi connectivity index (χ0n) is 14.1. The minimum atomic E-state index is -0.581. The van der Waals surface area contributed by atoms with Crippen molar-refractivity contribution in [1.82, 2.24) is 10.3 Å². The van der Waals surface area contributed by atoms with Gasteiger partial charge in [-0.15, -0.1) is 0 Å². The molecule has 0 aliphatic carbocycles. The lowest BCUT2D eigenvalue weighted by atomic mass is 10.2. The standard InChI is InChI=1S/C18H16N4O4/c1-10-7-12-8-13(4-6-15(12)26-10)21-18(19)22-16(23)11-3-5-14(20-9-11)17(24)25-2/h3-9H,1-2H3,(H3,19,21,22,23). The molecule has 1 amide bonds. The highest BCUT2D eigenvalue weighted by molar-refractivity contribution is 6.06. The summed E-state index contributed by atoms with van der Waals surface area (Å²) in [5, 5.41) is 3.36. The van der Waals surface area contributed by atoms with Crippen LogP contribution in [0.1, 0.15) is 26.6 Å². The van der Waals surface area contributed by atoms with E-state index in [1.807, 2.05) is 13.0 Å². The van der Waals surface area contributed by atoms with Crippen LogP contribution in [0.4, 0.5) is 5.69 Å². The van der Waals surface area contributed by atoms with E-state index in [0.29, 0.717) is 5.69 Å². The molecule has 3 N–H and O–H groups in total. The highest BCUT2D eigenvalue weighted by Crippen LogP contribution is 2.24. The highest BCUT2D eigenvalue weighted by Gasteiger charge is 2.11. The number of esters is 1. The Labute approximate surface area is 148 Å². The van der Waals surface area contributed by atoms with Crippen molar-refractivity contribution >= 4 is 34.5 Å². The number of aromatic nitrogens is 1. The Morgan fingerprint density at radius 3 is 2.73 bits per heavy atom. The number of aryl methyl sites for hydroxylation is 1. The van der Waals surface area contributed by atoms with Crippen LogP contribution in [-0.2, 0) is 4.74 Å². The molecule has 0 atom stereocenters. The highest BCUT2D eigenvalue weighted by atomic mass is 16.5. The van der Waals surface area contributed by atoms with Crippen LogP contribution in [0.2, 0.25) is 0 Å². The van der Waals surface area contributed by atoms with Crippen LogP contribution in [0, 0.1) is 6.92 Å². The zero-order valence-corrected chi connectivity index (χ0v) is 14.1. The smallest absolute Gasteiger partial charge is 0.356 e. The summed E-state index contributed by atoms with van der Waals surface area (Å²) in [6.45, 7) is 1.86. The first-order valence-corrected chi connectivity index (χ1v) is 7.66. The van der Waals surface area contributed by atoms with Gasteiger partial charge in [0.15, 0.2) is 0 Å². The molecule has 132 valence electrons. The molecule has 0 aliphatic rings. The second kappa shape index (κ2) is 7.06. The molecule has 0 unspecified atom stereocenters. The summed E-state index contributed by atoms with van der Waals surface area (Å²) in [6.07, 6.45) is 1.26. The van der Waals surface area contributed by atoms with Crippen molar-refractivity contribution in [3.63, 3.8) is 0 Å². The average molecular weight is 352 g/mol. The molecule has 0 spiro atoms. The second-order valence-corrected chi connectivity index (χ2v) is 5.45. The van der Waals surface area contributed by atoms with E-state index in [0.717, 1.165) is 16.7 Å². The molecule has 8 nitrogen and oxygen atoms in total. The number of aliphatic imine (C=N–C) groups is 1. The Morgan fingerprint density at radius 1 is 1.23 bits per heavy atom. The van der Waals surface area contributed by atoms with Gasteiger partial charge in [0, 0.05) is 11.6 Å². The Kier molecular flexibility index (Phi) is 4.66. The quantitative estimate of drug-likeness (QED) is 0.424. The molecule has 0 saturated heterocycles. The summed E-state index contributed by atoms with van der Waals surface area (Å²) < 4.78 is 10.0. The first-order valence-electron chi connectivity index (χ1n) is 7.66. The lowest BCUT2D eigenvalue weighted by molar-refractivity contribution is 0.0593. The number of ether oxygens (including phenoxy) is 1. The summed E-state index contributed by atoms with van der Waals surface area (Å²) in [5.41, 5.74) is 7.46. The van der Waals surface area contributed by atoms with E-state index in [2.05, 4.69) is 20.0 Å². The topological polar surface area (TPSA) is 120 Å². The van der Waals surface area contributed by atoms with Gasteiger partial charge in [-0.3, -0.25) is 10.1 Å². The van der Waals surface area contributed by atoms with Gasteiger partial charge >= 0.3 is 5.97 Å².